The largest absolute Gasteiger partial charge is 0.497 e. The SMILES string of the molecule is CCc1cccc(OC)c1.CO.Cl. The fourth-order valence-corrected chi connectivity index (χ4v) is 0.892. The van der Waals surface area contributed by atoms with Crippen molar-refractivity contribution in [1.82, 2.24) is 0 Å². The fourth-order valence-electron chi connectivity index (χ4n) is 0.892. The van der Waals surface area contributed by atoms with Crippen molar-refractivity contribution in [2.75, 3.05) is 14.2 Å². The molecule has 0 radical (unpaired) electrons. The molecule has 0 bridgehead atoms. The first-order valence-corrected chi connectivity index (χ1v) is 3.94. The van der Waals surface area contributed by atoms with Crippen LogP contribution in [0.3, 0.4) is 0 Å². The van der Waals surface area contributed by atoms with E-state index in [0.29, 0.717) is 0 Å². The van der Waals surface area contributed by atoms with Crippen molar-refractivity contribution in [2.45, 2.75) is 13.3 Å². The minimum Gasteiger partial charge on any atom is -0.497 e. The van der Waals surface area contributed by atoms with Crippen molar-refractivity contribution in [1.29, 1.82) is 0 Å². The van der Waals surface area contributed by atoms with Crippen molar-refractivity contribution >= 4 is 12.4 Å². The third-order valence-corrected chi connectivity index (χ3v) is 1.54. The van der Waals surface area contributed by atoms with Crippen LogP contribution in [-0.2, 0) is 6.42 Å². The van der Waals surface area contributed by atoms with Gasteiger partial charge in [0.05, 0.1) is 7.11 Å². The number of halogens is 1. The molecule has 0 atom stereocenters. The molecule has 0 fully saturated rings. The zero-order chi connectivity index (χ0) is 9.40. The van der Waals surface area contributed by atoms with E-state index in [-0.39, 0.29) is 12.4 Å². The van der Waals surface area contributed by atoms with Crippen LogP contribution in [0.15, 0.2) is 24.3 Å². The molecule has 2 nitrogen and oxygen atoms in total. The van der Waals surface area contributed by atoms with Crippen LogP contribution in [0.5, 0.6) is 5.75 Å². The summed E-state index contributed by atoms with van der Waals surface area (Å²) in [5.74, 6) is 0.944. The fraction of sp³-hybridized carbons (Fsp3) is 0.400. The number of ether oxygens (including phenoxy) is 1. The summed E-state index contributed by atoms with van der Waals surface area (Å²) in [4.78, 5) is 0. The van der Waals surface area contributed by atoms with E-state index in [1.807, 2.05) is 12.1 Å². The van der Waals surface area contributed by atoms with Gasteiger partial charge in [0.2, 0.25) is 0 Å². The average molecular weight is 205 g/mol. The molecule has 0 unspecified atom stereocenters. The van der Waals surface area contributed by atoms with Crippen LogP contribution < -0.4 is 4.74 Å². The summed E-state index contributed by atoms with van der Waals surface area (Å²) in [7, 11) is 2.69. The van der Waals surface area contributed by atoms with Gasteiger partial charge < -0.3 is 9.84 Å². The second-order valence-electron chi connectivity index (χ2n) is 2.21. The van der Waals surface area contributed by atoms with E-state index in [4.69, 9.17) is 9.84 Å². The molecule has 0 saturated heterocycles. The molecule has 0 aliphatic heterocycles. The van der Waals surface area contributed by atoms with E-state index in [1.165, 1.54) is 5.56 Å². The quantitative estimate of drug-likeness (QED) is 0.801. The minimum absolute atomic E-state index is 0. The number of rotatable bonds is 2. The Labute approximate surface area is 86.0 Å². The molecule has 0 aromatic heterocycles. The van der Waals surface area contributed by atoms with Crippen molar-refractivity contribution < 1.29 is 9.84 Å². The number of aryl methyl sites for hydroxylation is 1. The topological polar surface area (TPSA) is 29.5 Å². The van der Waals surface area contributed by atoms with Crippen LogP contribution >= 0.6 is 12.4 Å². The van der Waals surface area contributed by atoms with E-state index < -0.39 is 0 Å². The van der Waals surface area contributed by atoms with Gasteiger partial charge in [0.25, 0.3) is 0 Å². The third-order valence-electron chi connectivity index (χ3n) is 1.54. The highest BCUT2D eigenvalue weighted by Gasteiger charge is 1.90. The highest BCUT2D eigenvalue weighted by Crippen LogP contribution is 2.12. The van der Waals surface area contributed by atoms with Gasteiger partial charge in [-0.2, -0.15) is 0 Å². The molecule has 1 rings (SSSR count). The number of hydrogen-bond donors (Lipinski definition) is 1. The summed E-state index contributed by atoms with van der Waals surface area (Å²) in [6.07, 6.45) is 1.07. The summed E-state index contributed by atoms with van der Waals surface area (Å²) >= 11 is 0. The first-order valence-electron chi connectivity index (χ1n) is 3.94. The lowest BCUT2D eigenvalue weighted by Crippen LogP contribution is -1.84. The van der Waals surface area contributed by atoms with Crippen LogP contribution in [0.4, 0.5) is 0 Å². The van der Waals surface area contributed by atoms with Crippen LogP contribution in [0.1, 0.15) is 12.5 Å². The lowest BCUT2D eigenvalue weighted by atomic mass is 10.2. The Bertz CT molecular complexity index is 195. The molecule has 0 saturated carbocycles. The minimum atomic E-state index is 0. The van der Waals surface area contributed by atoms with Gasteiger partial charge in [-0.25, -0.2) is 0 Å². The van der Waals surface area contributed by atoms with Crippen molar-refractivity contribution in [3.63, 3.8) is 0 Å². The molecule has 1 N–H and O–H groups in total. The molecule has 1 aromatic carbocycles. The first kappa shape index (κ1) is 14.8. The van der Waals surface area contributed by atoms with Crippen molar-refractivity contribution in [2.24, 2.45) is 0 Å². The average Bonchev–Trinajstić information content (AvgIpc) is 2.21. The molecule has 0 heterocycles. The summed E-state index contributed by atoms with van der Waals surface area (Å²) < 4.78 is 5.06. The number of hydrogen-bond acceptors (Lipinski definition) is 2. The number of benzene rings is 1. The van der Waals surface area contributed by atoms with Crippen LogP contribution in [-0.4, -0.2) is 19.3 Å². The van der Waals surface area contributed by atoms with Crippen LogP contribution in [0.2, 0.25) is 0 Å². The van der Waals surface area contributed by atoms with Gasteiger partial charge in [0.15, 0.2) is 0 Å². The van der Waals surface area contributed by atoms with Crippen LogP contribution in [0, 0.1) is 0 Å². The van der Waals surface area contributed by atoms with E-state index in [2.05, 4.69) is 19.1 Å². The lowest BCUT2D eigenvalue weighted by Gasteiger charge is -2.00. The zero-order valence-electron chi connectivity index (χ0n) is 8.28. The summed E-state index contributed by atoms with van der Waals surface area (Å²) in [5, 5.41) is 7.00. The summed E-state index contributed by atoms with van der Waals surface area (Å²) in [6, 6.07) is 8.12. The van der Waals surface area contributed by atoms with Crippen molar-refractivity contribution in [3.8, 4) is 5.75 Å². The molecule has 1 aromatic rings. The molecule has 13 heavy (non-hydrogen) atoms. The third kappa shape index (κ3) is 5.50. The highest BCUT2D eigenvalue weighted by atomic mass is 35.5. The molecule has 76 valence electrons. The highest BCUT2D eigenvalue weighted by molar-refractivity contribution is 5.85. The maximum absolute atomic E-state index is 7.00. The van der Waals surface area contributed by atoms with Gasteiger partial charge in [0, 0.05) is 7.11 Å². The Hall–Kier alpha value is -0.730. The Kier molecular flexibility index (Phi) is 10.6. The summed E-state index contributed by atoms with van der Waals surface area (Å²) in [5.41, 5.74) is 1.32. The Morgan fingerprint density at radius 3 is 2.38 bits per heavy atom. The Balaban J connectivity index is 0. The van der Waals surface area contributed by atoms with Gasteiger partial charge in [-0.1, -0.05) is 19.1 Å². The maximum Gasteiger partial charge on any atom is 0.119 e. The van der Waals surface area contributed by atoms with E-state index in [9.17, 15) is 0 Å². The monoisotopic (exact) mass is 204 g/mol. The summed E-state index contributed by atoms with van der Waals surface area (Å²) in [6.45, 7) is 2.13. The second-order valence-corrected chi connectivity index (χ2v) is 2.21. The number of aliphatic hydroxyl groups excluding tert-OH is 1. The lowest BCUT2D eigenvalue weighted by molar-refractivity contribution is 0.399. The molecule has 0 aliphatic rings. The molecule has 3 heteroatoms. The van der Waals surface area contributed by atoms with E-state index >= 15 is 0 Å². The predicted octanol–water partition coefficient (Wildman–Crippen LogP) is 2.29. The number of methoxy groups -OCH3 is 1. The normalized spacial score (nSPS) is 7.69. The van der Waals surface area contributed by atoms with Gasteiger partial charge in [0.1, 0.15) is 5.75 Å². The smallest absolute Gasteiger partial charge is 0.119 e. The molecule has 0 aliphatic carbocycles. The van der Waals surface area contributed by atoms with Crippen molar-refractivity contribution in [3.05, 3.63) is 29.8 Å². The molecule has 0 amide bonds. The standard InChI is InChI=1S/C9H12O.CH4O.ClH/c1-3-8-5-4-6-9(7-8)10-2;1-2;/h4-7H,3H2,1-2H3;2H,1H3;1H. The van der Waals surface area contributed by atoms with Gasteiger partial charge in [-0.15, -0.1) is 12.4 Å². The molecular weight excluding hydrogens is 188 g/mol. The zero-order valence-corrected chi connectivity index (χ0v) is 9.10. The van der Waals surface area contributed by atoms with Gasteiger partial charge in [-0.05, 0) is 24.1 Å². The van der Waals surface area contributed by atoms with Gasteiger partial charge >= 0.3 is 0 Å². The molecule has 0 spiro atoms. The number of aliphatic hydroxyl groups is 1. The first-order chi connectivity index (χ1) is 5.86. The Morgan fingerprint density at radius 2 is 1.92 bits per heavy atom. The Morgan fingerprint density at radius 1 is 1.31 bits per heavy atom. The van der Waals surface area contributed by atoms with E-state index in [1.54, 1.807) is 7.11 Å². The van der Waals surface area contributed by atoms with Crippen LogP contribution in [0.25, 0.3) is 0 Å². The maximum atomic E-state index is 7.00. The predicted molar refractivity (Wildman–Crippen MR) is 57.8 cm³/mol. The van der Waals surface area contributed by atoms with Gasteiger partial charge in [-0.3, -0.25) is 0 Å². The van der Waals surface area contributed by atoms with E-state index in [0.717, 1.165) is 19.3 Å². The molecular formula is C10H17ClO2. The second kappa shape index (κ2) is 9.36.